The smallest absolute Gasteiger partial charge is 0.155 e. The van der Waals surface area contributed by atoms with Crippen molar-refractivity contribution in [2.24, 2.45) is 0 Å². The lowest BCUT2D eigenvalue weighted by Gasteiger charge is -2.03. The number of hydrogen-bond acceptors (Lipinski definition) is 4. The topological polar surface area (TPSA) is 66.1 Å². The van der Waals surface area contributed by atoms with Gasteiger partial charge < -0.3 is 10.7 Å². The summed E-state index contributed by atoms with van der Waals surface area (Å²) >= 11 is 6.08. The van der Waals surface area contributed by atoms with Gasteiger partial charge >= 0.3 is 0 Å². The first-order valence-electron chi connectivity index (χ1n) is 5.06. The van der Waals surface area contributed by atoms with Crippen LogP contribution in [-0.4, -0.2) is 27.9 Å². The van der Waals surface area contributed by atoms with Crippen LogP contribution >= 0.6 is 11.6 Å². The molecule has 0 aliphatic heterocycles. The van der Waals surface area contributed by atoms with Gasteiger partial charge in [-0.2, -0.15) is 5.10 Å². The molecule has 0 spiro atoms. The molecule has 0 saturated heterocycles. The first-order chi connectivity index (χ1) is 8.15. The molecule has 17 heavy (non-hydrogen) atoms. The molecule has 0 amide bonds. The number of fused-ring (bicyclic) bond motifs is 1. The van der Waals surface area contributed by atoms with E-state index in [1.807, 2.05) is 13.0 Å². The van der Waals surface area contributed by atoms with E-state index in [0.29, 0.717) is 16.4 Å². The van der Waals surface area contributed by atoms with Gasteiger partial charge in [-0.15, -0.1) is 0 Å². The van der Waals surface area contributed by atoms with Gasteiger partial charge in [0.2, 0.25) is 0 Å². The number of aryl methyl sites for hydroxylation is 1. The number of nitrogens with one attached hydrogen (secondary N) is 2. The molecule has 88 valence electrons. The Kier molecular flexibility index (Phi) is 3.10. The van der Waals surface area contributed by atoms with Gasteiger partial charge in [0, 0.05) is 25.0 Å². The summed E-state index contributed by atoms with van der Waals surface area (Å²) in [6.45, 7) is 1.89. The summed E-state index contributed by atoms with van der Waals surface area (Å²) < 4.78 is 1.67. The predicted octanol–water partition coefficient (Wildman–Crippen LogP) is 1.90. The maximum atomic E-state index is 7.34. The van der Waals surface area contributed by atoms with E-state index in [0.717, 1.165) is 11.2 Å². The molecule has 0 unspecified atom stereocenters. The van der Waals surface area contributed by atoms with E-state index in [1.165, 1.54) is 6.21 Å². The monoisotopic (exact) mass is 249 g/mol. The molecule has 5 nitrogen and oxygen atoms in total. The van der Waals surface area contributed by atoms with Gasteiger partial charge in [-0.3, -0.25) is 0 Å². The molecule has 2 N–H and O–H groups in total. The fourth-order valence-electron chi connectivity index (χ4n) is 1.56. The van der Waals surface area contributed by atoms with Crippen LogP contribution in [0, 0.1) is 12.3 Å². The number of halogens is 1. The summed E-state index contributed by atoms with van der Waals surface area (Å²) in [7, 11) is 1.77. The van der Waals surface area contributed by atoms with E-state index < -0.39 is 0 Å². The molecular weight excluding hydrogens is 238 g/mol. The van der Waals surface area contributed by atoms with Crippen molar-refractivity contribution in [1.82, 2.24) is 19.9 Å². The highest BCUT2D eigenvalue weighted by Gasteiger charge is 2.08. The van der Waals surface area contributed by atoms with Crippen molar-refractivity contribution in [2.75, 3.05) is 7.05 Å². The summed E-state index contributed by atoms with van der Waals surface area (Å²) in [5.41, 5.74) is 2.89. The summed E-state index contributed by atoms with van der Waals surface area (Å²) in [5.74, 6) is 0. The quantitative estimate of drug-likeness (QED) is 0.817. The Hall–Kier alpha value is -1.88. The van der Waals surface area contributed by atoms with E-state index in [2.05, 4.69) is 15.4 Å². The van der Waals surface area contributed by atoms with Gasteiger partial charge in [0.1, 0.15) is 5.52 Å². The highest BCUT2D eigenvalue weighted by molar-refractivity contribution is 6.32. The van der Waals surface area contributed by atoms with E-state index in [9.17, 15) is 0 Å². The Labute approximate surface area is 104 Å². The third kappa shape index (κ3) is 2.14. The number of nitrogens with zero attached hydrogens (tertiary/aromatic N) is 3. The molecule has 0 aliphatic rings. The first-order valence-corrected chi connectivity index (χ1v) is 5.44. The van der Waals surface area contributed by atoms with Crippen LogP contribution in [0.5, 0.6) is 0 Å². The lowest BCUT2D eigenvalue weighted by molar-refractivity contribution is 0.917. The number of hydrogen-bond donors (Lipinski definition) is 2. The van der Waals surface area contributed by atoms with Crippen LogP contribution in [0.15, 0.2) is 18.5 Å². The number of allylic oxidation sites excluding steroid dienone is 1. The Morgan fingerprint density at radius 3 is 3.00 bits per heavy atom. The second kappa shape index (κ2) is 4.55. The molecule has 2 rings (SSSR count). The second-order valence-corrected chi connectivity index (χ2v) is 3.92. The SMILES string of the molecule is CN/C=C(\C=N)c1cn2nc(C)cc2c(Cl)n1. The van der Waals surface area contributed by atoms with E-state index in [-0.39, 0.29) is 0 Å². The van der Waals surface area contributed by atoms with Crippen LogP contribution in [0.2, 0.25) is 5.15 Å². The van der Waals surface area contributed by atoms with Crippen LogP contribution in [0.3, 0.4) is 0 Å². The fraction of sp³-hybridized carbons (Fsp3) is 0.182. The molecule has 2 aromatic heterocycles. The van der Waals surface area contributed by atoms with Gasteiger partial charge in [-0.05, 0) is 13.0 Å². The molecule has 0 radical (unpaired) electrons. The summed E-state index contributed by atoms with van der Waals surface area (Å²) in [6.07, 6.45) is 4.66. The lowest BCUT2D eigenvalue weighted by Crippen LogP contribution is -2.01. The van der Waals surface area contributed by atoms with Crippen molar-refractivity contribution < 1.29 is 0 Å². The molecule has 0 saturated carbocycles. The van der Waals surface area contributed by atoms with Gasteiger partial charge in [0.25, 0.3) is 0 Å². The maximum absolute atomic E-state index is 7.34. The molecule has 0 fully saturated rings. The molecule has 0 aliphatic carbocycles. The standard InChI is InChI=1S/C11H12ClN5/c1-7-3-10-11(12)15-9(6-17(10)16-7)8(4-13)5-14-2/h3-6,13-14H,1-2H3/b8-5+,13-4?. The second-order valence-electron chi connectivity index (χ2n) is 3.57. The van der Waals surface area contributed by atoms with Crippen molar-refractivity contribution in [3.05, 3.63) is 35.0 Å². The van der Waals surface area contributed by atoms with Crippen molar-refractivity contribution in [3.63, 3.8) is 0 Å². The Balaban J connectivity index is 2.63. The Bertz CT molecular complexity index is 599. The van der Waals surface area contributed by atoms with Crippen molar-refractivity contribution in [1.29, 1.82) is 5.41 Å². The van der Waals surface area contributed by atoms with Crippen LogP contribution in [0.25, 0.3) is 11.1 Å². The molecular formula is C11H12ClN5. The molecule has 2 aromatic rings. The number of aromatic nitrogens is 3. The zero-order valence-electron chi connectivity index (χ0n) is 9.53. The van der Waals surface area contributed by atoms with Crippen LogP contribution in [0.4, 0.5) is 0 Å². The van der Waals surface area contributed by atoms with E-state index >= 15 is 0 Å². The van der Waals surface area contributed by atoms with Crippen molar-refractivity contribution >= 4 is 28.9 Å². The van der Waals surface area contributed by atoms with Crippen LogP contribution < -0.4 is 5.32 Å². The summed E-state index contributed by atoms with van der Waals surface area (Å²) in [6, 6.07) is 1.87. The van der Waals surface area contributed by atoms with Crippen molar-refractivity contribution in [3.8, 4) is 0 Å². The minimum atomic E-state index is 0.381. The normalized spacial score (nSPS) is 11.8. The average Bonchev–Trinajstić information content (AvgIpc) is 2.67. The van der Waals surface area contributed by atoms with Gasteiger partial charge in [-0.25, -0.2) is 9.50 Å². The molecule has 0 atom stereocenters. The zero-order valence-corrected chi connectivity index (χ0v) is 10.3. The third-order valence-electron chi connectivity index (χ3n) is 2.28. The minimum Gasteiger partial charge on any atom is -0.393 e. The van der Waals surface area contributed by atoms with E-state index in [4.69, 9.17) is 17.0 Å². The minimum absolute atomic E-state index is 0.381. The Morgan fingerprint density at radius 2 is 2.35 bits per heavy atom. The highest BCUT2D eigenvalue weighted by Crippen LogP contribution is 2.19. The maximum Gasteiger partial charge on any atom is 0.155 e. The largest absolute Gasteiger partial charge is 0.393 e. The Morgan fingerprint density at radius 1 is 1.59 bits per heavy atom. The summed E-state index contributed by atoms with van der Waals surface area (Å²) in [4.78, 5) is 4.25. The van der Waals surface area contributed by atoms with Crippen LogP contribution in [-0.2, 0) is 0 Å². The molecule has 0 aromatic carbocycles. The first kappa shape index (κ1) is 11.6. The highest BCUT2D eigenvalue weighted by atomic mass is 35.5. The zero-order chi connectivity index (χ0) is 12.4. The molecule has 0 bridgehead atoms. The lowest BCUT2D eigenvalue weighted by atomic mass is 10.2. The summed E-state index contributed by atoms with van der Waals surface area (Å²) in [5, 5.41) is 14.9. The van der Waals surface area contributed by atoms with Gasteiger partial charge in [0.05, 0.1) is 17.6 Å². The molecule has 2 heterocycles. The van der Waals surface area contributed by atoms with Crippen LogP contribution in [0.1, 0.15) is 11.4 Å². The van der Waals surface area contributed by atoms with Crippen molar-refractivity contribution in [2.45, 2.75) is 6.92 Å². The fourth-order valence-corrected chi connectivity index (χ4v) is 1.79. The molecule has 6 heteroatoms. The average molecular weight is 250 g/mol. The predicted molar refractivity (Wildman–Crippen MR) is 68.6 cm³/mol. The number of rotatable bonds is 3. The van der Waals surface area contributed by atoms with Gasteiger partial charge in [-0.1, -0.05) is 11.6 Å². The van der Waals surface area contributed by atoms with E-state index in [1.54, 1.807) is 24.0 Å². The van der Waals surface area contributed by atoms with Gasteiger partial charge in [0.15, 0.2) is 5.15 Å². The third-order valence-corrected chi connectivity index (χ3v) is 2.56.